The predicted molar refractivity (Wildman–Crippen MR) is 84.6 cm³/mol. The van der Waals surface area contributed by atoms with Crippen molar-refractivity contribution < 1.29 is 0 Å². The van der Waals surface area contributed by atoms with E-state index < -0.39 is 0 Å². The monoisotopic (exact) mass is 260 g/mol. The number of nitrogens with one attached hydrogen (secondary N) is 1. The zero-order valence-corrected chi connectivity index (χ0v) is 12.6. The van der Waals surface area contributed by atoms with E-state index in [4.69, 9.17) is 5.73 Å². The van der Waals surface area contributed by atoms with Crippen molar-refractivity contribution in [3.05, 3.63) is 47.3 Å². The number of rotatable bonds is 4. The molecule has 0 saturated carbocycles. The van der Waals surface area contributed by atoms with Crippen molar-refractivity contribution in [2.75, 3.05) is 6.54 Å². The second-order valence-corrected chi connectivity index (χ2v) is 5.39. The van der Waals surface area contributed by atoms with Gasteiger partial charge in [-0.05, 0) is 63.1 Å². The van der Waals surface area contributed by atoms with Crippen LogP contribution in [0.25, 0.3) is 0 Å². The lowest BCUT2D eigenvalue weighted by Gasteiger charge is -2.15. The zero-order chi connectivity index (χ0) is 14.1. The molecule has 1 aliphatic rings. The largest absolute Gasteiger partial charge is 0.405 e. The molecule has 3 N–H and O–H groups in total. The van der Waals surface area contributed by atoms with Gasteiger partial charge in [0, 0.05) is 6.54 Å². The Kier molecular flexibility index (Phi) is 7.09. The van der Waals surface area contributed by atoms with Crippen LogP contribution in [0, 0.1) is 5.92 Å². The lowest BCUT2D eigenvalue weighted by Crippen LogP contribution is -2.10. The third-order valence-corrected chi connectivity index (χ3v) is 3.82. The third-order valence-electron chi connectivity index (χ3n) is 3.82. The molecule has 1 rings (SSSR count). The van der Waals surface area contributed by atoms with Crippen LogP contribution in [0.3, 0.4) is 0 Å². The van der Waals surface area contributed by atoms with Crippen LogP contribution in [0.1, 0.15) is 46.5 Å². The summed E-state index contributed by atoms with van der Waals surface area (Å²) in [4.78, 5) is 0. The Morgan fingerprint density at radius 1 is 1.26 bits per heavy atom. The first-order chi connectivity index (χ1) is 9.15. The smallest absolute Gasteiger partial charge is 0.0141 e. The minimum Gasteiger partial charge on any atom is -0.405 e. The van der Waals surface area contributed by atoms with Crippen molar-refractivity contribution in [2.45, 2.75) is 46.5 Å². The van der Waals surface area contributed by atoms with Gasteiger partial charge in [0.1, 0.15) is 0 Å². The summed E-state index contributed by atoms with van der Waals surface area (Å²) in [5.41, 5.74) is 9.55. The summed E-state index contributed by atoms with van der Waals surface area (Å²) in [6.07, 6.45) is 15.2. The van der Waals surface area contributed by atoms with Gasteiger partial charge in [-0.1, -0.05) is 36.6 Å². The van der Waals surface area contributed by atoms with Crippen molar-refractivity contribution in [2.24, 2.45) is 11.7 Å². The average Bonchev–Trinajstić information content (AvgIpc) is 2.37. The van der Waals surface area contributed by atoms with Crippen LogP contribution in [-0.2, 0) is 0 Å². The lowest BCUT2D eigenvalue weighted by atomic mass is 9.92. The fourth-order valence-electron chi connectivity index (χ4n) is 2.25. The minimum absolute atomic E-state index is 0.461. The Morgan fingerprint density at radius 3 is 2.79 bits per heavy atom. The molecular formula is C17H28N2. The second-order valence-electron chi connectivity index (χ2n) is 5.39. The molecule has 0 fully saturated rings. The predicted octanol–water partition coefficient (Wildman–Crippen LogP) is 4.04. The van der Waals surface area contributed by atoms with Gasteiger partial charge in [0.2, 0.25) is 0 Å². The van der Waals surface area contributed by atoms with E-state index in [2.05, 4.69) is 44.4 Å². The Morgan fingerprint density at radius 2 is 2.05 bits per heavy atom. The van der Waals surface area contributed by atoms with E-state index in [1.54, 1.807) is 6.20 Å². The van der Waals surface area contributed by atoms with Crippen LogP contribution in [0.4, 0.5) is 0 Å². The summed E-state index contributed by atoms with van der Waals surface area (Å²) in [5.74, 6) is 0.461. The van der Waals surface area contributed by atoms with Gasteiger partial charge in [0.25, 0.3) is 0 Å². The SMILES string of the molecule is C/C(=C/C1=C\NCCCCC1)[C@@H](C)/C(C)=C/C=C/N. The third kappa shape index (κ3) is 5.82. The molecule has 0 bridgehead atoms. The maximum atomic E-state index is 5.38. The fourth-order valence-corrected chi connectivity index (χ4v) is 2.25. The Labute approximate surface area is 118 Å². The molecule has 0 aliphatic carbocycles. The molecule has 19 heavy (non-hydrogen) atoms. The lowest BCUT2D eigenvalue weighted by molar-refractivity contribution is 0.633. The normalized spacial score (nSPS) is 23.2. The van der Waals surface area contributed by atoms with Crippen LogP contribution in [0.15, 0.2) is 47.3 Å². The number of hydrogen-bond donors (Lipinski definition) is 2. The van der Waals surface area contributed by atoms with Crippen molar-refractivity contribution >= 4 is 0 Å². The van der Waals surface area contributed by atoms with E-state index in [9.17, 15) is 0 Å². The van der Waals surface area contributed by atoms with E-state index in [1.165, 1.54) is 42.4 Å². The fraction of sp³-hybridized carbons (Fsp3) is 0.529. The quantitative estimate of drug-likeness (QED) is 0.749. The maximum absolute atomic E-state index is 5.38. The first-order valence-electron chi connectivity index (χ1n) is 7.31. The molecule has 0 radical (unpaired) electrons. The van der Waals surface area contributed by atoms with E-state index in [0.717, 1.165) is 6.54 Å². The van der Waals surface area contributed by atoms with Gasteiger partial charge < -0.3 is 11.1 Å². The van der Waals surface area contributed by atoms with Crippen LogP contribution < -0.4 is 11.1 Å². The topological polar surface area (TPSA) is 38.0 Å². The summed E-state index contributed by atoms with van der Waals surface area (Å²) in [7, 11) is 0. The number of hydrogen-bond acceptors (Lipinski definition) is 2. The molecule has 0 aromatic rings. The van der Waals surface area contributed by atoms with Gasteiger partial charge in [-0.25, -0.2) is 0 Å². The van der Waals surface area contributed by atoms with E-state index in [0.29, 0.717) is 5.92 Å². The summed E-state index contributed by atoms with van der Waals surface area (Å²) < 4.78 is 0. The van der Waals surface area contributed by atoms with Crippen LogP contribution in [-0.4, -0.2) is 6.54 Å². The number of nitrogens with two attached hydrogens (primary N) is 1. The second kappa shape index (κ2) is 8.63. The van der Waals surface area contributed by atoms with Crippen molar-refractivity contribution in [3.8, 4) is 0 Å². The standard InChI is InChI=1S/C17H28N2/c1-14(8-7-10-18)16(3)15(2)12-17-9-5-4-6-11-19-13-17/h7-8,10,12-13,16,19H,4-6,9,11,18H2,1-3H3/b10-7+,14-8+,15-12-,17-13-/t16-/m0/s1. The van der Waals surface area contributed by atoms with E-state index in [-0.39, 0.29) is 0 Å². The molecule has 0 aromatic carbocycles. The maximum Gasteiger partial charge on any atom is 0.0141 e. The Hall–Kier alpha value is -1.44. The summed E-state index contributed by atoms with van der Waals surface area (Å²) in [5, 5.41) is 3.40. The zero-order valence-electron chi connectivity index (χ0n) is 12.6. The molecule has 0 spiro atoms. The van der Waals surface area contributed by atoms with E-state index >= 15 is 0 Å². The molecule has 0 aromatic heterocycles. The molecule has 0 unspecified atom stereocenters. The average molecular weight is 260 g/mol. The minimum atomic E-state index is 0.461. The van der Waals surface area contributed by atoms with Gasteiger partial charge in [0.05, 0.1) is 0 Å². The highest BCUT2D eigenvalue weighted by molar-refractivity contribution is 5.28. The molecule has 106 valence electrons. The van der Waals surface area contributed by atoms with Gasteiger partial charge >= 0.3 is 0 Å². The van der Waals surface area contributed by atoms with E-state index in [1.807, 2.05) is 6.08 Å². The molecule has 1 heterocycles. The van der Waals surface area contributed by atoms with Gasteiger partial charge in [-0.15, -0.1) is 0 Å². The summed E-state index contributed by atoms with van der Waals surface area (Å²) in [6.45, 7) is 7.73. The highest BCUT2D eigenvalue weighted by atomic mass is 14.8. The Bertz CT molecular complexity index is 386. The van der Waals surface area contributed by atoms with Gasteiger partial charge in [-0.3, -0.25) is 0 Å². The first kappa shape index (κ1) is 15.6. The molecule has 2 heteroatoms. The highest BCUT2D eigenvalue weighted by Gasteiger charge is 2.07. The molecule has 2 nitrogen and oxygen atoms in total. The molecule has 0 amide bonds. The summed E-state index contributed by atoms with van der Waals surface area (Å²) in [6, 6.07) is 0. The van der Waals surface area contributed by atoms with Crippen molar-refractivity contribution in [1.82, 2.24) is 5.32 Å². The van der Waals surface area contributed by atoms with Crippen molar-refractivity contribution in [3.63, 3.8) is 0 Å². The molecule has 1 aliphatic heterocycles. The van der Waals surface area contributed by atoms with Gasteiger partial charge in [-0.2, -0.15) is 0 Å². The first-order valence-corrected chi connectivity index (χ1v) is 7.31. The van der Waals surface area contributed by atoms with Crippen LogP contribution >= 0.6 is 0 Å². The molecular weight excluding hydrogens is 232 g/mol. The highest BCUT2D eigenvalue weighted by Crippen LogP contribution is 2.22. The molecule has 1 atom stereocenters. The van der Waals surface area contributed by atoms with Crippen LogP contribution in [0.2, 0.25) is 0 Å². The summed E-state index contributed by atoms with van der Waals surface area (Å²) >= 11 is 0. The van der Waals surface area contributed by atoms with Crippen molar-refractivity contribution in [1.29, 1.82) is 0 Å². The molecule has 0 saturated heterocycles. The van der Waals surface area contributed by atoms with Gasteiger partial charge in [0.15, 0.2) is 0 Å². The number of allylic oxidation sites excluding steroid dienone is 6. The Balaban J connectivity index is 2.73. The van der Waals surface area contributed by atoms with Crippen LogP contribution in [0.5, 0.6) is 0 Å².